The monoisotopic (exact) mass is 772 g/mol. The van der Waals surface area contributed by atoms with E-state index in [0.717, 1.165) is 0 Å². The van der Waals surface area contributed by atoms with Crippen molar-refractivity contribution in [3.05, 3.63) is 218 Å². The van der Waals surface area contributed by atoms with Crippen LogP contribution in [0, 0.1) is 0 Å². The van der Waals surface area contributed by atoms with Crippen LogP contribution in [-0.4, -0.2) is 17.2 Å². The van der Waals surface area contributed by atoms with Crippen LogP contribution in [-0.2, 0) is 0 Å². The second-order valence-electron chi connectivity index (χ2n) is 15.3. The van der Waals surface area contributed by atoms with Crippen LogP contribution < -0.4 is 20.7 Å². The molecular formula is C54H36N2SSi. The lowest BCUT2D eigenvalue weighted by Crippen LogP contribution is -2.76. The van der Waals surface area contributed by atoms with Gasteiger partial charge in [0, 0.05) is 42.7 Å². The Hall–Kier alpha value is -6.85. The summed E-state index contributed by atoms with van der Waals surface area (Å²) in [6.45, 7) is 0. The van der Waals surface area contributed by atoms with E-state index in [4.69, 9.17) is 0 Å². The van der Waals surface area contributed by atoms with E-state index in [1.165, 1.54) is 96.7 Å². The third kappa shape index (κ3) is 4.86. The Morgan fingerprint density at radius 3 is 1.29 bits per heavy atom. The summed E-state index contributed by atoms with van der Waals surface area (Å²) < 4.78 is 4.87. The maximum absolute atomic E-state index is 2.87. The third-order valence-electron chi connectivity index (χ3n) is 12.3. The summed E-state index contributed by atoms with van der Waals surface area (Å²) in [6, 6.07) is 81.5. The molecule has 0 radical (unpaired) electrons. The van der Waals surface area contributed by atoms with Crippen molar-refractivity contribution in [2.45, 2.75) is 9.79 Å². The van der Waals surface area contributed by atoms with E-state index < -0.39 is 8.07 Å². The van der Waals surface area contributed by atoms with Gasteiger partial charge in [-0.25, -0.2) is 0 Å². The second kappa shape index (κ2) is 13.1. The number of fused-ring (bicyclic) bond motifs is 8. The molecule has 0 saturated heterocycles. The van der Waals surface area contributed by atoms with Crippen LogP contribution in [0.15, 0.2) is 228 Å². The third-order valence-corrected chi connectivity index (χ3v) is 18.7. The molecule has 3 heterocycles. The highest BCUT2D eigenvalue weighted by Gasteiger charge is 2.47. The fourth-order valence-electron chi connectivity index (χ4n) is 9.77. The van der Waals surface area contributed by atoms with E-state index in [9.17, 15) is 0 Å². The Labute approximate surface area is 342 Å². The molecule has 1 aliphatic heterocycles. The molecule has 0 bridgehead atoms. The summed E-state index contributed by atoms with van der Waals surface area (Å²) in [4.78, 5) is 2.66. The first-order valence-electron chi connectivity index (χ1n) is 19.9. The zero-order valence-electron chi connectivity index (χ0n) is 31.6. The first kappa shape index (κ1) is 33.3. The molecule has 2 aromatic heterocycles. The lowest BCUT2D eigenvalue weighted by atomic mass is 10.1. The van der Waals surface area contributed by atoms with Crippen molar-refractivity contribution in [3.8, 4) is 22.5 Å². The van der Waals surface area contributed by atoms with Crippen LogP contribution in [0.25, 0.3) is 66.1 Å². The van der Waals surface area contributed by atoms with Crippen LogP contribution in [0.3, 0.4) is 0 Å². The summed E-state index contributed by atoms with van der Waals surface area (Å²) in [5.41, 5.74) is 9.73. The van der Waals surface area contributed by atoms with Gasteiger partial charge >= 0.3 is 0 Å². The lowest BCUT2D eigenvalue weighted by molar-refractivity contribution is 1.16. The summed E-state index contributed by atoms with van der Waals surface area (Å²) >= 11 is 1.92. The molecule has 0 amide bonds. The number of benzene rings is 9. The van der Waals surface area contributed by atoms with Gasteiger partial charge in [0.1, 0.15) is 0 Å². The Balaban J connectivity index is 1.11. The van der Waals surface area contributed by atoms with Crippen LogP contribution in [0.4, 0.5) is 0 Å². The van der Waals surface area contributed by atoms with Gasteiger partial charge in [0.05, 0.1) is 22.1 Å². The number of rotatable bonds is 5. The first-order valence-corrected chi connectivity index (χ1v) is 22.7. The standard InChI is InChI=1S/C54H36N2SSi/c1-2-14-37(15-3-1)38-26-31-41(32-27-38)58(42-33-28-39(29-34-42)55-47-20-8-4-16-43(47)44-17-5-9-21-48(44)55)53-25-13-12-24-51(53)57-52-36-40(30-35-54(52)58)56-49-22-10-6-18-45(49)46-19-7-11-23-50(46)56/h1-36H. The molecule has 11 aromatic rings. The van der Waals surface area contributed by atoms with Crippen LogP contribution in [0.1, 0.15) is 0 Å². The fourth-order valence-corrected chi connectivity index (χ4v) is 16.7. The largest absolute Gasteiger partial charge is 0.309 e. The summed E-state index contributed by atoms with van der Waals surface area (Å²) in [5, 5.41) is 10.7. The van der Waals surface area contributed by atoms with Crippen molar-refractivity contribution in [1.82, 2.24) is 9.13 Å². The van der Waals surface area contributed by atoms with Gasteiger partial charge in [0.2, 0.25) is 0 Å². The molecule has 9 aromatic carbocycles. The molecule has 272 valence electrons. The zero-order valence-corrected chi connectivity index (χ0v) is 33.4. The average molecular weight is 773 g/mol. The van der Waals surface area contributed by atoms with Crippen LogP contribution in [0.5, 0.6) is 0 Å². The van der Waals surface area contributed by atoms with Crippen LogP contribution >= 0.6 is 11.8 Å². The molecule has 1 atom stereocenters. The molecule has 0 fully saturated rings. The zero-order chi connectivity index (χ0) is 38.2. The first-order chi connectivity index (χ1) is 28.8. The molecule has 0 N–H and O–H groups in total. The fraction of sp³-hybridized carbons (Fsp3) is 0. The molecule has 2 nitrogen and oxygen atoms in total. The summed E-state index contributed by atoms with van der Waals surface area (Å²) in [5.74, 6) is 0. The molecule has 12 rings (SSSR count). The van der Waals surface area contributed by atoms with E-state index in [1.54, 1.807) is 0 Å². The van der Waals surface area contributed by atoms with Gasteiger partial charge in [-0.2, -0.15) is 0 Å². The molecule has 1 unspecified atom stereocenters. The summed E-state index contributed by atoms with van der Waals surface area (Å²) in [6.07, 6.45) is 0. The van der Waals surface area contributed by atoms with Crippen molar-refractivity contribution in [1.29, 1.82) is 0 Å². The van der Waals surface area contributed by atoms with Gasteiger partial charge in [-0.05, 0) is 86.5 Å². The predicted molar refractivity (Wildman–Crippen MR) is 248 cm³/mol. The summed E-state index contributed by atoms with van der Waals surface area (Å²) in [7, 11) is -2.87. The maximum atomic E-state index is 2.47. The molecule has 0 aliphatic carbocycles. The van der Waals surface area contributed by atoms with Crippen molar-refractivity contribution >= 4 is 84.2 Å². The minimum absolute atomic E-state index is 1.17. The topological polar surface area (TPSA) is 9.86 Å². The smallest absolute Gasteiger partial charge is 0.181 e. The molecule has 4 heteroatoms. The second-order valence-corrected chi connectivity index (χ2v) is 20.1. The average Bonchev–Trinajstić information content (AvgIpc) is 3.82. The maximum Gasteiger partial charge on any atom is 0.181 e. The lowest BCUT2D eigenvalue weighted by Gasteiger charge is -2.40. The van der Waals surface area contributed by atoms with Gasteiger partial charge in [-0.1, -0.05) is 176 Å². The van der Waals surface area contributed by atoms with Gasteiger partial charge in [-0.3, -0.25) is 0 Å². The minimum atomic E-state index is -2.87. The molecule has 58 heavy (non-hydrogen) atoms. The highest BCUT2D eigenvalue weighted by molar-refractivity contribution is 8.00. The van der Waals surface area contributed by atoms with Crippen molar-refractivity contribution in [2.75, 3.05) is 0 Å². The normalized spacial score (nSPS) is 14.9. The number of para-hydroxylation sites is 4. The molecule has 0 spiro atoms. The van der Waals surface area contributed by atoms with Gasteiger partial charge in [0.25, 0.3) is 0 Å². The van der Waals surface area contributed by atoms with E-state index in [1.807, 2.05) is 11.8 Å². The van der Waals surface area contributed by atoms with Crippen molar-refractivity contribution in [3.63, 3.8) is 0 Å². The van der Waals surface area contributed by atoms with E-state index in [0.29, 0.717) is 0 Å². The van der Waals surface area contributed by atoms with Gasteiger partial charge in [-0.15, -0.1) is 0 Å². The van der Waals surface area contributed by atoms with Crippen molar-refractivity contribution in [2.24, 2.45) is 0 Å². The Kier molecular flexibility index (Phi) is 7.52. The predicted octanol–water partition coefficient (Wildman–Crippen LogP) is 11.4. The Morgan fingerprint density at radius 2 is 0.724 bits per heavy atom. The number of hydrogen-bond donors (Lipinski definition) is 0. The number of nitrogens with zero attached hydrogens (tertiary/aromatic N) is 2. The highest BCUT2D eigenvalue weighted by atomic mass is 32.2. The SMILES string of the molecule is c1ccc(-c2ccc([Si]3(c4ccc(-n5c6ccccc6c6ccccc65)cc4)c4ccccc4Sc4cc(-n5c6ccccc6c6ccccc65)ccc43)cc2)cc1. The molecule has 1 aliphatic rings. The molecular weight excluding hydrogens is 737 g/mol. The number of aromatic nitrogens is 2. The van der Waals surface area contributed by atoms with E-state index >= 15 is 0 Å². The van der Waals surface area contributed by atoms with Gasteiger partial charge < -0.3 is 9.13 Å². The quantitative estimate of drug-likeness (QED) is 0.158. The number of hydrogen-bond acceptors (Lipinski definition) is 1. The minimum Gasteiger partial charge on any atom is -0.309 e. The highest BCUT2D eigenvalue weighted by Crippen LogP contribution is 2.38. The van der Waals surface area contributed by atoms with Crippen molar-refractivity contribution < 1.29 is 0 Å². The molecule has 0 saturated carbocycles. The van der Waals surface area contributed by atoms with Crippen LogP contribution in [0.2, 0.25) is 0 Å². The van der Waals surface area contributed by atoms with Gasteiger partial charge in [0.15, 0.2) is 8.07 Å². The van der Waals surface area contributed by atoms with E-state index in [2.05, 4.69) is 228 Å². The van der Waals surface area contributed by atoms with E-state index in [-0.39, 0.29) is 0 Å². The Morgan fingerprint density at radius 1 is 0.310 bits per heavy atom. The Bertz CT molecular complexity index is 3260.